The number of anilines is 2. The predicted octanol–water partition coefficient (Wildman–Crippen LogP) is 4.44. The maximum absolute atomic E-state index is 6.48. The summed E-state index contributed by atoms with van der Waals surface area (Å²) in [7, 11) is 0. The van der Waals surface area contributed by atoms with Gasteiger partial charge in [0.05, 0.1) is 10.7 Å². The number of nitrogens with two attached hydrogens (primary N) is 1. The van der Waals surface area contributed by atoms with Crippen LogP contribution in [0.1, 0.15) is 30.5 Å². The number of fused-ring (bicyclic) bond motifs is 1. The van der Waals surface area contributed by atoms with Crippen LogP contribution in [0, 0.1) is 0 Å². The lowest BCUT2D eigenvalue weighted by Gasteiger charge is -2.32. The number of para-hydroxylation sites is 1. The Labute approximate surface area is 125 Å². The standard InChI is InChI=1S/C17H19ClN2/c1-12(19)14-8-9-17(15(18)11-14)20-10-4-6-13-5-2-3-7-16(13)20/h2-3,5,7-9,11-12H,4,6,10,19H2,1H3/t12-/m1/s1. The van der Waals surface area contributed by atoms with Crippen molar-refractivity contribution in [1.82, 2.24) is 0 Å². The van der Waals surface area contributed by atoms with E-state index in [4.69, 9.17) is 17.3 Å². The van der Waals surface area contributed by atoms with E-state index >= 15 is 0 Å². The fourth-order valence-electron chi connectivity index (χ4n) is 2.81. The third-order valence-electron chi connectivity index (χ3n) is 3.90. The molecule has 0 spiro atoms. The van der Waals surface area contributed by atoms with Gasteiger partial charge in [0.1, 0.15) is 0 Å². The van der Waals surface area contributed by atoms with Crippen LogP contribution < -0.4 is 10.6 Å². The Morgan fingerprint density at radius 1 is 1.15 bits per heavy atom. The van der Waals surface area contributed by atoms with E-state index in [0.717, 1.165) is 35.7 Å². The summed E-state index contributed by atoms with van der Waals surface area (Å²) >= 11 is 6.48. The van der Waals surface area contributed by atoms with Crippen molar-refractivity contribution in [3.8, 4) is 0 Å². The van der Waals surface area contributed by atoms with Crippen molar-refractivity contribution in [3.63, 3.8) is 0 Å². The highest BCUT2D eigenvalue weighted by molar-refractivity contribution is 6.33. The maximum atomic E-state index is 6.48. The number of hydrogen-bond donors (Lipinski definition) is 1. The average Bonchev–Trinajstić information content (AvgIpc) is 2.46. The molecule has 2 N–H and O–H groups in total. The Balaban J connectivity index is 2.02. The molecule has 2 nitrogen and oxygen atoms in total. The zero-order valence-corrected chi connectivity index (χ0v) is 12.4. The molecule has 2 aromatic rings. The molecule has 104 valence electrons. The summed E-state index contributed by atoms with van der Waals surface area (Å²) in [6.45, 7) is 2.98. The van der Waals surface area contributed by atoms with E-state index in [-0.39, 0.29) is 6.04 Å². The number of rotatable bonds is 2. The molecule has 2 aromatic carbocycles. The molecule has 0 aliphatic carbocycles. The fraction of sp³-hybridized carbons (Fsp3) is 0.294. The summed E-state index contributed by atoms with van der Waals surface area (Å²) in [5, 5.41) is 0.775. The molecule has 0 bridgehead atoms. The second-order valence-corrected chi connectivity index (χ2v) is 5.79. The highest BCUT2D eigenvalue weighted by Crippen LogP contribution is 2.37. The molecule has 1 aliphatic rings. The zero-order valence-electron chi connectivity index (χ0n) is 11.6. The molecule has 0 radical (unpaired) electrons. The molecule has 0 saturated carbocycles. The lowest BCUT2D eigenvalue weighted by molar-refractivity contribution is 0.765. The van der Waals surface area contributed by atoms with E-state index in [1.165, 1.54) is 11.3 Å². The number of hydrogen-bond acceptors (Lipinski definition) is 2. The normalized spacial score (nSPS) is 15.8. The third kappa shape index (κ3) is 2.41. The van der Waals surface area contributed by atoms with Crippen LogP contribution in [0.3, 0.4) is 0 Å². The first-order valence-corrected chi connectivity index (χ1v) is 7.45. The molecule has 0 aromatic heterocycles. The number of halogens is 1. The summed E-state index contributed by atoms with van der Waals surface area (Å²) in [4.78, 5) is 2.31. The molecule has 1 atom stereocenters. The molecule has 0 unspecified atom stereocenters. The summed E-state index contributed by atoms with van der Waals surface area (Å²) in [6.07, 6.45) is 2.30. The highest BCUT2D eigenvalue weighted by Gasteiger charge is 2.19. The first-order valence-electron chi connectivity index (χ1n) is 7.07. The van der Waals surface area contributed by atoms with Gasteiger partial charge in [-0.1, -0.05) is 35.9 Å². The van der Waals surface area contributed by atoms with Crippen LogP contribution in [0.2, 0.25) is 5.02 Å². The van der Waals surface area contributed by atoms with Crippen molar-refractivity contribution in [2.24, 2.45) is 5.73 Å². The number of aryl methyl sites for hydroxylation is 1. The summed E-state index contributed by atoms with van der Waals surface area (Å²) in [5.41, 5.74) is 10.7. The van der Waals surface area contributed by atoms with E-state index in [9.17, 15) is 0 Å². The Morgan fingerprint density at radius 2 is 1.95 bits per heavy atom. The lowest BCUT2D eigenvalue weighted by Crippen LogP contribution is -2.24. The summed E-state index contributed by atoms with van der Waals surface area (Å²) in [5.74, 6) is 0. The van der Waals surface area contributed by atoms with E-state index in [1.807, 2.05) is 13.0 Å². The number of benzene rings is 2. The predicted molar refractivity (Wildman–Crippen MR) is 85.8 cm³/mol. The zero-order chi connectivity index (χ0) is 14.1. The Kier molecular flexibility index (Phi) is 3.68. The summed E-state index contributed by atoms with van der Waals surface area (Å²) in [6, 6.07) is 14.7. The van der Waals surface area contributed by atoms with Gasteiger partial charge in [-0.25, -0.2) is 0 Å². The average molecular weight is 287 g/mol. The van der Waals surface area contributed by atoms with Gasteiger partial charge in [0.15, 0.2) is 0 Å². The van der Waals surface area contributed by atoms with Crippen molar-refractivity contribution < 1.29 is 0 Å². The van der Waals surface area contributed by atoms with Crippen LogP contribution in [-0.4, -0.2) is 6.54 Å². The first kappa shape index (κ1) is 13.5. The fourth-order valence-corrected chi connectivity index (χ4v) is 3.10. The summed E-state index contributed by atoms with van der Waals surface area (Å²) < 4.78 is 0. The quantitative estimate of drug-likeness (QED) is 0.884. The molecule has 3 heteroatoms. The molecule has 0 amide bonds. The van der Waals surface area contributed by atoms with Crippen LogP contribution in [0.5, 0.6) is 0 Å². The van der Waals surface area contributed by atoms with Crippen LogP contribution in [0.15, 0.2) is 42.5 Å². The second kappa shape index (κ2) is 5.47. The first-order chi connectivity index (χ1) is 9.66. The van der Waals surface area contributed by atoms with Crippen LogP contribution in [-0.2, 0) is 6.42 Å². The molecular weight excluding hydrogens is 268 g/mol. The van der Waals surface area contributed by atoms with Gasteiger partial charge in [-0.05, 0) is 49.1 Å². The van der Waals surface area contributed by atoms with E-state index in [0.29, 0.717) is 0 Å². The second-order valence-electron chi connectivity index (χ2n) is 5.38. The van der Waals surface area contributed by atoms with Crippen LogP contribution in [0.4, 0.5) is 11.4 Å². The third-order valence-corrected chi connectivity index (χ3v) is 4.20. The van der Waals surface area contributed by atoms with E-state index in [1.54, 1.807) is 0 Å². The molecule has 1 heterocycles. The molecular formula is C17H19ClN2. The van der Waals surface area contributed by atoms with Crippen molar-refractivity contribution in [1.29, 1.82) is 0 Å². The lowest BCUT2D eigenvalue weighted by atomic mass is 10.0. The minimum atomic E-state index is 0.00944. The van der Waals surface area contributed by atoms with Gasteiger partial charge in [-0.3, -0.25) is 0 Å². The van der Waals surface area contributed by atoms with E-state index < -0.39 is 0 Å². The van der Waals surface area contributed by atoms with Crippen molar-refractivity contribution >= 4 is 23.0 Å². The molecule has 3 rings (SSSR count). The van der Waals surface area contributed by atoms with Crippen molar-refractivity contribution in [3.05, 3.63) is 58.6 Å². The topological polar surface area (TPSA) is 29.3 Å². The Hall–Kier alpha value is -1.51. The minimum Gasteiger partial charge on any atom is -0.340 e. The van der Waals surface area contributed by atoms with Gasteiger partial charge in [0.2, 0.25) is 0 Å². The van der Waals surface area contributed by atoms with Gasteiger partial charge < -0.3 is 10.6 Å². The van der Waals surface area contributed by atoms with Gasteiger partial charge in [0.25, 0.3) is 0 Å². The largest absolute Gasteiger partial charge is 0.340 e. The molecule has 20 heavy (non-hydrogen) atoms. The number of nitrogens with zero attached hydrogens (tertiary/aromatic N) is 1. The molecule has 0 fully saturated rings. The highest BCUT2D eigenvalue weighted by atomic mass is 35.5. The molecule has 0 saturated heterocycles. The minimum absolute atomic E-state index is 0.00944. The van der Waals surface area contributed by atoms with Crippen molar-refractivity contribution in [2.75, 3.05) is 11.4 Å². The maximum Gasteiger partial charge on any atom is 0.0646 e. The Bertz CT molecular complexity index is 622. The van der Waals surface area contributed by atoms with Gasteiger partial charge in [-0.15, -0.1) is 0 Å². The van der Waals surface area contributed by atoms with Crippen molar-refractivity contribution in [2.45, 2.75) is 25.8 Å². The van der Waals surface area contributed by atoms with Gasteiger partial charge in [-0.2, -0.15) is 0 Å². The Morgan fingerprint density at radius 3 is 2.70 bits per heavy atom. The van der Waals surface area contributed by atoms with E-state index in [2.05, 4.69) is 41.3 Å². The van der Waals surface area contributed by atoms with Crippen LogP contribution >= 0.6 is 11.6 Å². The SMILES string of the molecule is C[C@@H](N)c1ccc(N2CCCc3ccccc32)c(Cl)c1. The van der Waals surface area contributed by atoms with Gasteiger partial charge in [0, 0.05) is 18.3 Å². The monoisotopic (exact) mass is 286 g/mol. The smallest absolute Gasteiger partial charge is 0.0646 e. The van der Waals surface area contributed by atoms with Gasteiger partial charge >= 0.3 is 0 Å². The van der Waals surface area contributed by atoms with Crippen LogP contribution in [0.25, 0.3) is 0 Å². The molecule has 1 aliphatic heterocycles.